The predicted molar refractivity (Wildman–Crippen MR) is 78.5 cm³/mol. The molecule has 102 valence electrons. The Bertz CT molecular complexity index is 907. The van der Waals surface area contributed by atoms with E-state index >= 15 is 0 Å². The van der Waals surface area contributed by atoms with Gasteiger partial charge in [-0.1, -0.05) is 24.3 Å². The van der Waals surface area contributed by atoms with Crippen LogP contribution in [0.15, 0.2) is 55.5 Å². The van der Waals surface area contributed by atoms with Crippen LogP contribution in [0.3, 0.4) is 0 Å². The topological polar surface area (TPSA) is 61.4 Å². The van der Waals surface area contributed by atoms with Crippen molar-refractivity contribution in [3.8, 4) is 11.5 Å². The Morgan fingerprint density at radius 3 is 2.52 bits per heavy atom. The van der Waals surface area contributed by atoms with Gasteiger partial charge in [0.25, 0.3) is 0 Å². The molecule has 0 unspecified atom stereocenters. The minimum Gasteiger partial charge on any atom is -0.285 e. The highest BCUT2D eigenvalue weighted by Crippen LogP contribution is 2.23. The second-order valence-corrected chi connectivity index (χ2v) is 4.82. The van der Waals surface area contributed by atoms with Gasteiger partial charge in [0.05, 0.1) is 18.1 Å². The van der Waals surface area contributed by atoms with Crippen LogP contribution >= 0.6 is 0 Å². The third kappa shape index (κ3) is 1.88. The van der Waals surface area contributed by atoms with Crippen molar-refractivity contribution in [1.29, 1.82) is 0 Å². The van der Waals surface area contributed by atoms with Gasteiger partial charge in [0.15, 0.2) is 5.82 Å². The Hall–Kier alpha value is -3.02. The van der Waals surface area contributed by atoms with Gasteiger partial charge < -0.3 is 0 Å². The number of nitrogens with zero attached hydrogens (tertiary/aromatic N) is 6. The molecule has 0 atom stereocenters. The molecule has 3 aromatic heterocycles. The summed E-state index contributed by atoms with van der Waals surface area (Å²) in [6.07, 6.45) is 8.83. The fourth-order valence-electron chi connectivity index (χ4n) is 2.40. The van der Waals surface area contributed by atoms with E-state index in [1.807, 2.05) is 24.5 Å². The normalized spacial score (nSPS) is 11.1. The van der Waals surface area contributed by atoms with Crippen molar-refractivity contribution >= 4 is 10.8 Å². The molecule has 0 aliphatic carbocycles. The number of pyridine rings is 1. The maximum Gasteiger partial charge on any atom is 0.161 e. The van der Waals surface area contributed by atoms with Gasteiger partial charge >= 0.3 is 0 Å². The van der Waals surface area contributed by atoms with Gasteiger partial charge in [0.1, 0.15) is 12.7 Å². The maximum absolute atomic E-state index is 4.53. The molecule has 0 aliphatic heterocycles. The molecule has 0 radical (unpaired) electrons. The summed E-state index contributed by atoms with van der Waals surface area (Å²) in [5.41, 5.74) is 2.05. The van der Waals surface area contributed by atoms with E-state index < -0.39 is 0 Å². The van der Waals surface area contributed by atoms with Crippen LogP contribution < -0.4 is 0 Å². The van der Waals surface area contributed by atoms with E-state index in [0.29, 0.717) is 0 Å². The zero-order valence-corrected chi connectivity index (χ0v) is 11.4. The van der Waals surface area contributed by atoms with Gasteiger partial charge in [-0.15, -0.1) is 10.2 Å². The van der Waals surface area contributed by atoms with E-state index in [1.165, 1.54) is 5.39 Å². The van der Waals surface area contributed by atoms with E-state index in [1.54, 1.807) is 28.1 Å². The van der Waals surface area contributed by atoms with Crippen LogP contribution in [0.5, 0.6) is 0 Å². The van der Waals surface area contributed by atoms with Crippen LogP contribution in [0.25, 0.3) is 22.3 Å². The average Bonchev–Trinajstić information content (AvgIpc) is 3.19. The summed E-state index contributed by atoms with van der Waals surface area (Å²) in [7, 11) is 0. The molecule has 0 amide bonds. The third-order valence-electron chi connectivity index (χ3n) is 3.48. The Labute approximate surface area is 120 Å². The molecule has 0 spiro atoms. The van der Waals surface area contributed by atoms with Crippen LogP contribution in [-0.4, -0.2) is 29.5 Å². The highest BCUT2D eigenvalue weighted by molar-refractivity contribution is 5.90. The molecular formula is C15H12N6. The lowest BCUT2D eigenvalue weighted by Gasteiger charge is -2.07. The van der Waals surface area contributed by atoms with Gasteiger partial charge in [-0.3, -0.25) is 4.57 Å². The molecule has 0 fully saturated rings. The van der Waals surface area contributed by atoms with Crippen LogP contribution in [0.1, 0.15) is 5.56 Å². The lowest BCUT2D eigenvalue weighted by Crippen LogP contribution is -2.00. The lowest BCUT2D eigenvalue weighted by molar-refractivity contribution is 0.854. The van der Waals surface area contributed by atoms with E-state index in [9.17, 15) is 0 Å². The average molecular weight is 276 g/mol. The second-order valence-electron chi connectivity index (χ2n) is 4.82. The van der Waals surface area contributed by atoms with Crippen molar-refractivity contribution in [3.05, 3.63) is 61.1 Å². The van der Waals surface area contributed by atoms with Gasteiger partial charge in [-0.2, -0.15) is 5.10 Å². The second kappa shape index (κ2) is 4.52. The minimum atomic E-state index is 0.815. The van der Waals surface area contributed by atoms with Crippen molar-refractivity contribution in [2.24, 2.45) is 0 Å². The third-order valence-corrected chi connectivity index (χ3v) is 3.48. The van der Waals surface area contributed by atoms with Crippen molar-refractivity contribution in [2.75, 3.05) is 0 Å². The lowest BCUT2D eigenvalue weighted by atomic mass is 10.1. The number of aromatic nitrogens is 6. The molecule has 3 heterocycles. The van der Waals surface area contributed by atoms with Crippen LogP contribution in [0.4, 0.5) is 0 Å². The highest BCUT2D eigenvalue weighted by Gasteiger charge is 2.09. The smallest absolute Gasteiger partial charge is 0.161 e. The monoisotopic (exact) mass is 276 g/mol. The molecule has 6 heteroatoms. The number of hydrogen-bond acceptors (Lipinski definition) is 4. The van der Waals surface area contributed by atoms with Gasteiger partial charge in [-0.25, -0.2) is 9.67 Å². The van der Waals surface area contributed by atoms with Gasteiger partial charge in [0.2, 0.25) is 0 Å². The molecule has 6 nitrogen and oxygen atoms in total. The molecule has 0 N–H and O–H groups in total. The fraction of sp³-hybridized carbons (Fsp3) is 0.0667. The molecule has 0 saturated heterocycles. The largest absolute Gasteiger partial charge is 0.285 e. The molecule has 1 aromatic carbocycles. The van der Waals surface area contributed by atoms with E-state index in [-0.39, 0.29) is 0 Å². The van der Waals surface area contributed by atoms with Gasteiger partial charge in [-0.05, 0) is 17.9 Å². The molecule has 0 aliphatic rings. The number of rotatable bonds is 2. The summed E-state index contributed by atoms with van der Waals surface area (Å²) in [5, 5.41) is 14.3. The Balaban J connectivity index is 1.90. The highest BCUT2D eigenvalue weighted by atomic mass is 15.3. The first kappa shape index (κ1) is 11.8. The Morgan fingerprint density at radius 1 is 0.952 bits per heavy atom. The molecule has 21 heavy (non-hydrogen) atoms. The van der Waals surface area contributed by atoms with Crippen LogP contribution in [-0.2, 0) is 0 Å². The summed E-state index contributed by atoms with van der Waals surface area (Å²) in [6, 6.07) is 8.20. The SMILES string of the molecule is Cc1cnc(-n2cc(-n3cnnc3)cn2)c2ccccc12. The summed E-state index contributed by atoms with van der Waals surface area (Å²) >= 11 is 0. The van der Waals surface area contributed by atoms with E-state index in [0.717, 1.165) is 22.5 Å². The molecule has 0 bridgehead atoms. The number of benzene rings is 1. The van der Waals surface area contributed by atoms with Crippen molar-refractivity contribution < 1.29 is 0 Å². The summed E-state index contributed by atoms with van der Waals surface area (Å²) in [6.45, 7) is 2.06. The standard InChI is InChI=1S/C15H12N6/c1-11-6-16-15(14-5-3-2-4-13(11)14)21-8-12(7-19-21)20-9-17-18-10-20/h2-10H,1H3. The molecule has 4 rings (SSSR count). The number of aryl methyl sites for hydroxylation is 1. The zero-order valence-electron chi connectivity index (χ0n) is 11.4. The molecule has 4 aromatic rings. The first-order valence-corrected chi connectivity index (χ1v) is 6.57. The van der Waals surface area contributed by atoms with E-state index in [4.69, 9.17) is 0 Å². The van der Waals surface area contributed by atoms with Crippen molar-refractivity contribution in [3.63, 3.8) is 0 Å². The van der Waals surface area contributed by atoms with Crippen molar-refractivity contribution in [1.82, 2.24) is 29.5 Å². The predicted octanol–water partition coefficient (Wildman–Crippen LogP) is 2.31. The van der Waals surface area contributed by atoms with Crippen LogP contribution in [0.2, 0.25) is 0 Å². The number of fused-ring (bicyclic) bond motifs is 1. The molecular weight excluding hydrogens is 264 g/mol. The van der Waals surface area contributed by atoms with Crippen LogP contribution in [0, 0.1) is 6.92 Å². The quantitative estimate of drug-likeness (QED) is 0.563. The first-order chi connectivity index (χ1) is 10.3. The summed E-state index contributed by atoms with van der Waals surface area (Å²) in [4.78, 5) is 4.53. The first-order valence-electron chi connectivity index (χ1n) is 6.57. The fourth-order valence-corrected chi connectivity index (χ4v) is 2.40. The van der Waals surface area contributed by atoms with Crippen molar-refractivity contribution in [2.45, 2.75) is 6.92 Å². The Kier molecular flexibility index (Phi) is 2.53. The molecule has 0 saturated carbocycles. The maximum atomic E-state index is 4.53. The van der Waals surface area contributed by atoms with E-state index in [2.05, 4.69) is 39.3 Å². The summed E-state index contributed by atoms with van der Waals surface area (Å²) < 4.78 is 3.58. The summed E-state index contributed by atoms with van der Waals surface area (Å²) in [5.74, 6) is 0.815. The Morgan fingerprint density at radius 2 is 1.71 bits per heavy atom. The minimum absolute atomic E-state index is 0.815. The van der Waals surface area contributed by atoms with Gasteiger partial charge in [0, 0.05) is 11.6 Å². The zero-order chi connectivity index (χ0) is 14.2. The number of hydrogen-bond donors (Lipinski definition) is 0.